The number of nitrogens with one attached hydrogen (secondary N) is 1. The van der Waals surface area contributed by atoms with E-state index < -0.39 is 0 Å². The van der Waals surface area contributed by atoms with Crippen molar-refractivity contribution in [1.82, 2.24) is 10.2 Å². The predicted molar refractivity (Wildman–Crippen MR) is 87.3 cm³/mol. The van der Waals surface area contributed by atoms with Crippen LogP contribution >= 0.6 is 0 Å². The van der Waals surface area contributed by atoms with Crippen molar-refractivity contribution in [3.8, 4) is 0 Å². The Kier molecular flexibility index (Phi) is 4.15. The molecule has 23 heavy (non-hydrogen) atoms. The van der Waals surface area contributed by atoms with Gasteiger partial charge in [0, 0.05) is 5.56 Å². The van der Waals surface area contributed by atoms with Crippen LogP contribution in [0.1, 0.15) is 43.1 Å². The molecule has 0 aromatic heterocycles. The highest BCUT2D eigenvalue weighted by Gasteiger charge is 2.44. The number of fused-ring (bicyclic) bond motifs is 2. The van der Waals surface area contributed by atoms with Gasteiger partial charge in [0.25, 0.3) is 5.91 Å². The Labute approximate surface area is 137 Å². The summed E-state index contributed by atoms with van der Waals surface area (Å²) in [5.41, 5.74) is 1.82. The summed E-state index contributed by atoms with van der Waals surface area (Å²) in [6.45, 7) is 7.68. The second-order valence-corrected chi connectivity index (χ2v) is 7.39. The molecule has 1 aromatic carbocycles. The molecule has 2 heterocycles. The Balaban J connectivity index is 1.54. The third-order valence-electron chi connectivity index (χ3n) is 4.65. The Bertz CT molecular complexity index is 590. The summed E-state index contributed by atoms with van der Waals surface area (Å²) in [7, 11) is 0. The van der Waals surface area contributed by atoms with Crippen molar-refractivity contribution < 1.29 is 14.3 Å². The van der Waals surface area contributed by atoms with Gasteiger partial charge in [0.2, 0.25) is 5.91 Å². The highest BCUT2D eigenvalue weighted by atomic mass is 16.5. The molecule has 3 rings (SSSR count). The van der Waals surface area contributed by atoms with Crippen molar-refractivity contribution in [3.05, 3.63) is 35.4 Å². The monoisotopic (exact) mass is 316 g/mol. The average molecular weight is 316 g/mol. The van der Waals surface area contributed by atoms with E-state index in [0.717, 1.165) is 6.42 Å². The van der Waals surface area contributed by atoms with E-state index in [1.807, 2.05) is 29.2 Å². The minimum Gasteiger partial charge on any atom is -0.377 e. The van der Waals surface area contributed by atoms with Crippen molar-refractivity contribution in [2.75, 3.05) is 19.8 Å². The Morgan fingerprint density at radius 1 is 1.17 bits per heavy atom. The maximum absolute atomic E-state index is 12.2. The molecule has 2 aliphatic rings. The van der Waals surface area contributed by atoms with Crippen molar-refractivity contribution >= 4 is 11.8 Å². The third-order valence-corrected chi connectivity index (χ3v) is 4.65. The molecular formula is C18H24N2O3. The van der Waals surface area contributed by atoms with Crippen LogP contribution in [-0.4, -0.2) is 48.6 Å². The summed E-state index contributed by atoms with van der Waals surface area (Å²) in [4.78, 5) is 26.2. The van der Waals surface area contributed by atoms with Crippen LogP contribution in [0, 0.1) is 0 Å². The lowest BCUT2D eigenvalue weighted by atomic mass is 9.87. The van der Waals surface area contributed by atoms with Crippen LogP contribution in [0.15, 0.2) is 24.3 Å². The van der Waals surface area contributed by atoms with E-state index in [1.165, 1.54) is 5.56 Å². The predicted octanol–water partition coefficient (Wildman–Crippen LogP) is 1.71. The van der Waals surface area contributed by atoms with Gasteiger partial charge in [0.1, 0.15) is 0 Å². The number of morpholine rings is 1. The minimum absolute atomic E-state index is 0.0192. The number of carbonyl (C=O) groups is 2. The maximum atomic E-state index is 12.2. The number of hydrogen-bond acceptors (Lipinski definition) is 3. The standard InChI is InChI=1S/C18H24N2O3/c1-18(2,3)13-6-4-12(5-7-13)17(22)19-9-16(21)20-14-8-15(20)11-23-10-14/h4-7,14-15H,8-11H2,1-3H3,(H,19,22). The number of rotatable bonds is 3. The van der Waals surface area contributed by atoms with E-state index in [4.69, 9.17) is 4.74 Å². The van der Waals surface area contributed by atoms with Crippen LogP contribution in [0.5, 0.6) is 0 Å². The van der Waals surface area contributed by atoms with Gasteiger partial charge < -0.3 is 15.0 Å². The molecular weight excluding hydrogens is 292 g/mol. The van der Waals surface area contributed by atoms with E-state index in [0.29, 0.717) is 18.8 Å². The van der Waals surface area contributed by atoms with Gasteiger partial charge in [0.05, 0.1) is 31.8 Å². The minimum atomic E-state index is -0.208. The first-order chi connectivity index (χ1) is 10.9. The number of nitrogens with zero attached hydrogens (tertiary/aromatic N) is 1. The van der Waals surface area contributed by atoms with Crippen LogP contribution in [-0.2, 0) is 14.9 Å². The summed E-state index contributed by atoms with van der Waals surface area (Å²) in [5.74, 6) is -0.227. The van der Waals surface area contributed by atoms with Crippen LogP contribution in [0.2, 0.25) is 0 Å². The lowest BCUT2D eigenvalue weighted by molar-refractivity contribution is -0.166. The Hall–Kier alpha value is -1.88. The highest BCUT2D eigenvalue weighted by Crippen LogP contribution is 2.30. The molecule has 2 saturated heterocycles. The first-order valence-corrected chi connectivity index (χ1v) is 8.14. The first-order valence-electron chi connectivity index (χ1n) is 8.14. The fraction of sp³-hybridized carbons (Fsp3) is 0.556. The molecule has 2 bridgehead atoms. The van der Waals surface area contributed by atoms with E-state index in [2.05, 4.69) is 26.1 Å². The van der Waals surface area contributed by atoms with Crippen LogP contribution < -0.4 is 5.32 Å². The van der Waals surface area contributed by atoms with Gasteiger partial charge in [0.15, 0.2) is 0 Å². The summed E-state index contributed by atoms with van der Waals surface area (Å²) in [6.07, 6.45) is 1.02. The van der Waals surface area contributed by atoms with E-state index in [9.17, 15) is 9.59 Å². The third kappa shape index (κ3) is 3.24. The Morgan fingerprint density at radius 2 is 1.78 bits per heavy atom. The molecule has 2 atom stereocenters. The molecule has 2 fully saturated rings. The molecule has 0 radical (unpaired) electrons. The largest absolute Gasteiger partial charge is 0.377 e. The van der Waals surface area contributed by atoms with Gasteiger partial charge in [-0.15, -0.1) is 0 Å². The van der Waals surface area contributed by atoms with Crippen molar-refractivity contribution in [2.45, 2.75) is 44.7 Å². The SMILES string of the molecule is CC(C)(C)c1ccc(C(=O)NCC(=O)N2C3COCC2C3)cc1. The number of amides is 2. The fourth-order valence-electron chi connectivity index (χ4n) is 3.22. The molecule has 2 aliphatic heterocycles. The zero-order chi connectivity index (χ0) is 16.6. The summed E-state index contributed by atoms with van der Waals surface area (Å²) >= 11 is 0. The zero-order valence-electron chi connectivity index (χ0n) is 14.0. The van der Waals surface area contributed by atoms with E-state index >= 15 is 0 Å². The molecule has 124 valence electrons. The zero-order valence-corrected chi connectivity index (χ0v) is 14.0. The van der Waals surface area contributed by atoms with Crippen molar-refractivity contribution in [2.24, 2.45) is 0 Å². The lowest BCUT2D eigenvalue weighted by Gasteiger charge is -2.52. The molecule has 5 heteroatoms. The van der Waals surface area contributed by atoms with Gasteiger partial charge in [-0.3, -0.25) is 9.59 Å². The second kappa shape index (κ2) is 5.96. The highest BCUT2D eigenvalue weighted by molar-refractivity contribution is 5.96. The summed E-state index contributed by atoms with van der Waals surface area (Å²) in [6, 6.07) is 7.95. The Morgan fingerprint density at radius 3 is 2.30 bits per heavy atom. The van der Waals surface area contributed by atoms with Crippen LogP contribution in [0.3, 0.4) is 0 Å². The second-order valence-electron chi connectivity index (χ2n) is 7.39. The molecule has 2 amide bonds. The molecule has 0 aliphatic carbocycles. The van der Waals surface area contributed by atoms with Crippen LogP contribution in [0.4, 0.5) is 0 Å². The summed E-state index contributed by atoms with van der Waals surface area (Å²) in [5, 5.41) is 2.72. The summed E-state index contributed by atoms with van der Waals surface area (Å²) < 4.78 is 5.36. The topological polar surface area (TPSA) is 58.6 Å². The fourth-order valence-corrected chi connectivity index (χ4v) is 3.22. The molecule has 0 spiro atoms. The van der Waals surface area contributed by atoms with Crippen LogP contribution in [0.25, 0.3) is 0 Å². The number of hydrogen-bond donors (Lipinski definition) is 1. The molecule has 2 unspecified atom stereocenters. The van der Waals surface area contributed by atoms with Crippen molar-refractivity contribution in [3.63, 3.8) is 0 Å². The molecule has 1 aromatic rings. The van der Waals surface area contributed by atoms with Gasteiger partial charge in [-0.05, 0) is 29.5 Å². The number of carbonyl (C=O) groups excluding carboxylic acids is 2. The average Bonchev–Trinajstić information content (AvgIpc) is 2.52. The number of ether oxygens (including phenoxy) is 1. The normalized spacial score (nSPS) is 23.2. The smallest absolute Gasteiger partial charge is 0.251 e. The lowest BCUT2D eigenvalue weighted by Crippen LogP contribution is -2.66. The maximum Gasteiger partial charge on any atom is 0.251 e. The van der Waals surface area contributed by atoms with Crippen molar-refractivity contribution in [1.29, 1.82) is 0 Å². The molecule has 5 nitrogen and oxygen atoms in total. The van der Waals surface area contributed by atoms with Gasteiger partial charge in [-0.25, -0.2) is 0 Å². The van der Waals surface area contributed by atoms with Gasteiger partial charge >= 0.3 is 0 Å². The van der Waals surface area contributed by atoms with E-state index in [-0.39, 0.29) is 35.9 Å². The molecule has 1 N–H and O–H groups in total. The first kappa shape index (κ1) is 16.0. The van der Waals surface area contributed by atoms with Gasteiger partial charge in [-0.1, -0.05) is 32.9 Å². The van der Waals surface area contributed by atoms with E-state index in [1.54, 1.807) is 0 Å². The quantitative estimate of drug-likeness (QED) is 0.923. The number of benzene rings is 1. The molecule has 0 saturated carbocycles. The van der Waals surface area contributed by atoms with Gasteiger partial charge in [-0.2, -0.15) is 0 Å².